The molecular formula is C12H12N4O3S. The van der Waals surface area contributed by atoms with Crippen molar-refractivity contribution in [1.29, 1.82) is 0 Å². The van der Waals surface area contributed by atoms with Gasteiger partial charge in [-0.2, -0.15) is 0 Å². The molecule has 0 bridgehead atoms. The number of carbonyl (C=O) groups excluding carboxylic acids is 1. The Morgan fingerprint density at radius 1 is 1.50 bits per heavy atom. The quantitative estimate of drug-likeness (QED) is 0.892. The number of carboxylic acid groups (broad SMARTS) is 1. The molecule has 0 fully saturated rings. The topological polar surface area (TPSA) is 95.4 Å². The number of aromatic nitrogens is 2. The average Bonchev–Trinajstić information content (AvgIpc) is 2.94. The number of nitrogens with zero attached hydrogens (tertiary/aromatic N) is 3. The van der Waals surface area contributed by atoms with Crippen molar-refractivity contribution < 1.29 is 14.7 Å². The van der Waals surface area contributed by atoms with E-state index in [1.165, 1.54) is 21.6 Å². The zero-order valence-electron chi connectivity index (χ0n) is 10.6. The summed E-state index contributed by atoms with van der Waals surface area (Å²) in [5.74, 6) is -1.08. The van der Waals surface area contributed by atoms with Crippen LogP contribution in [0.4, 0.5) is 10.5 Å². The summed E-state index contributed by atoms with van der Waals surface area (Å²) in [5, 5.41) is 13.4. The number of aromatic carboxylic acids is 1. The SMILES string of the molecule is CN(C(=O)NCc1nc(C(=O)O)cs1)c1cccnc1. The molecule has 2 amide bonds. The maximum atomic E-state index is 11.9. The summed E-state index contributed by atoms with van der Waals surface area (Å²) >= 11 is 1.19. The summed E-state index contributed by atoms with van der Waals surface area (Å²) in [6.45, 7) is 0.182. The highest BCUT2D eigenvalue weighted by molar-refractivity contribution is 7.09. The van der Waals surface area contributed by atoms with Crippen LogP contribution in [0, 0.1) is 0 Å². The molecule has 8 heteroatoms. The van der Waals surface area contributed by atoms with Gasteiger partial charge in [-0.3, -0.25) is 9.88 Å². The number of amides is 2. The second-order valence-electron chi connectivity index (χ2n) is 3.86. The van der Waals surface area contributed by atoms with Gasteiger partial charge in [0.2, 0.25) is 0 Å². The molecule has 0 aliphatic carbocycles. The Morgan fingerprint density at radius 3 is 2.90 bits per heavy atom. The Hall–Kier alpha value is -2.48. The smallest absolute Gasteiger partial charge is 0.355 e. The average molecular weight is 292 g/mol. The van der Waals surface area contributed by atoms with Crippen LogP contribution in [0.15, 0.2) is 29.9 Å². The molecule has 0 atom stereocenters. The monoisotopic (exact) mass is 292 g/mol. The fourth-order valence-corrected chi connectivity index (χ4v) is 2.14. The van der Waals surface area contributed by atoms with Gasteiger partial charge in [0, 0.05) is 18.6 Å². The van der Waals surface area contributed by atoms with Gasteiger partial charge in [0.15, 0.2) is 5.69 Å². The van der Waals surface area contributed by atoms with Gasteiger partial charge in [-0.25, -0.2) is 14.6 Å². The van der Waals surface area contributed by atoms with E-state index in [2.05, 4.69) is 15.3 Å². The largest absolute Gasteiger partial charge is 0.476 e. The van der Waals surface area contributed by atoms with Crippen molar-refractivity contribution in [2.75, 3.05) is 11.9 Å². The Bertz CT molecular complexity index is 614. The van der Waals surface area contributed by atoms with Crippen LogP contribution >= 0.6 is 11.3 Å². The van der Waals surface area contributed by atoms with E-state index in [4.69, 9.17) is 5.11 Å². The number of rotatable bonds is 4. The number of hydrogen-bond donors (Lipinski definition) is 2. The third kappa shape index (κ3) is 3.29. The maximum Gasteiger partial charge on any atom is 0.355 e. The van der Waals surface area contributed by atoms with E-state index in [0.29, 0.717) is 10.7 Å². The van der Waals surface area contributed by atoms with Gasteiger partial charge in [-0.15, -0.1) is 11.3 Å². The van der Waals surface area contributed by atoms with Crippen molar-refractivity contribution in [2.24, 2.45) is 0 Å². The molecule has 0 saturated heterocycles. The molecule has 7 nitrogen and oxygen atoms in total. The molecular weight excluding hydrogens is 280 g/mol. The van der Waals surface area contributed by atoms with Crippen LogP contribution in [-0.4, -0.2) is 34.1 Å². The van der Waals surface area contributed by atoms with E-state index >= 15 is 0 Å². The van der Waals surface area contributed by atoms with Gasteiger partial charge >= 0.3 is 12.0 Å². The lowest BCUT2D eigenvalue weighted by molar-refractivity contribution is 0.0691. The Labute approximate surface area is 118 Å². The Morgan fingerprint density at radius 2 is 2.30 bits per heavy atom. The number of pyridine rings is 1. The van der Waals surface area contributed by atoms with Gasteiger partial charge in [0.05, 0.1) is 18.4 Å². The lowest BCUT2D eigenvalue weighted by atomic mass is 10.4. The van der Waals surface area contributed by atoms with E-state index in [1.807, 2.05) is 0 Å². The summed E-state index contributed by atoms with van der Waals surface area (Å²) in [6.07, 6.45) is 3.20. The Kier molecular flexibility index (Phi) is 4.26. The number of urea groups is 1. The summed E-state index contributed by atoms with van der Waals surface area (Å²) in [4.78, 5) is 31.8. The first-order chi connectivity index (χ1) is 9.58. The normalized spacial score (nSPS) is 10.1. The minimum absolute atomic E-state index is 0.0140. The van der Waals surface area contributed by atoms with E-state index in [1.54, 1.807) is 31.6 Å². The van der Waals surface area contributed by atoms with E-state index in [0.717, 1.165) is 0 Å². The molecule has 2 heterocycles. The van der Waals surface area contributed by atoms with Crippen LogP contribution in [0.3, 0.4) is 0 Å². The van der Waals surface area contributed by atoms with E-state index in [-0.39, 0.29) is 18.3 Å². The standard InChI is InChI=1S/C12H12N4O3S/c1-16(8-3-2-4-13-5-8)12(19)14-6-10-15-9(7-20-10)11(17)18/h2-5,7H,6H2,1H3,(H,14,19)(H,17,18). The molecule has 20 heavy (non-hydrogen) atoms. The summed E-state index contributed by atoms with van der Waals surface area (Å²) < 4.78 is 0. The van der Waals surface area contributed by atoms with Gasteiger partial charge in [-0.05, 0) is 12.1 Å². The molecule has 0 aliphatic heterocycles. The predicted molar refractivity (Wildman–Crippen MR) is 73.9 cm³/mol. The molecule has 0 aromatic carbocycles. The minimum Gasteiger partial charge on any atom is -0.476 e. The minimum atomic E-state index is -1.08. The maximum absolute atomic E-state index is 11.9. The van der Waals surface area contributed by atoms with E-state index < -0.39 is 5.97 Å². The zero-order chi connectivity index (χ0) is 14.5. The van der Waals surface area contributed by atoms with Crippen LogP contribution in [0.2, 0.25) is 0 Å². The van der Waals surface area contributed by atoms with Gasteiger partial charge in [0.25, 0.3) is 0 Å². The number of thiazole rings is 1. The second kappa shape index (κ2) is 6.11. The summed E-state index contributed by atoms with van der Waals surface area (Å²) in [6, 6.07) is 3.18. The number of hydrogen-bond acceptors (Lipinski definition) is 5. The van der Waals surface area contributed by atoms with Crippen LogP contribution < -0.4 is 10.2 Å². The van der Waals surface area contributed by atoms with Gasteiger partial charge in [-0.1, -0.05) is 0 Å². The fraction of sp³-hybridized carbons (Fsp3) is 0.167. The molecule has 104 valence electrons. The van der Waals surface area contributed by atoms with Crippen LogP contribution in [0.5, 0.6) is 0 Å². The molecule has 2 rings (SSSR count). The molecule has 0 saturated carbocycles. The van der Waals surface area contributed by atoms with Crippen molar-refractivity contribution in [1.82, 2.24) is 15.3 Å². The van der Waals surface area contributed by atoms with Crippen LogP contribution in [0.1, 0.15) is 15.5 Å². The molecule has 0 spiro atoms. The molecule has 2 aromatic heterocycles. The zero-order valence-corrected chi connectivity index (χ0v) is 11.4. The summed E-state index contributed by atoms with van der Waals surface area (Å²) in [7, 11) is 1.62. The van der Waals surface area contributed by atoms with E-state index in [9.17, 15) is 9.59 Å². The van der Waals surface area contributed by atoms with Crippen LogP contribution in [-0.2, 0) is 6.54 Å². The third-order valence-corrected chi connectivity index (χ3v) is 3.35. The first-order valence-corrected chi connectivity index (χ1v) is 6.55. The highest BCUT2D eigenvalue weighted by Gasteiger charge is 2.12. The lowest BCUT2D eigenvalue weighted by Crippen LogP contribution is -2.36. The fourth-order valence-electron chi connectivity index (χ4n) is 1.43. The van der Waals surface area contributed by atoms with Crippen molar-refractivity contribution in [2.45, 2.75) is 6.54 Å². The molecule has 0 radical (unpaired) electrons. The highest BCUT2D eigenvalue weighted by Crippen LogP contribution is 2.11. The predicted octanol–water partition coefficient (Wildman–Crippen LogP) is 1.58. The lowest BCUT2D eigenvalue weighted by Gasteiger charge is -2.16. The van der Waals surface area contributed by atoms with Crippen molar-refractivity contribution in [3.63, 3.8) is 0 Å². The first kappa shape index (κ1) is 13.9. The number of carboxylic acids is 1. The molecule has 2 N–H and O–H groups in total. The number of anilines is 1. The van der Waals surface area contributed by atoms with Crippen LogP contribution in [0.25, 0.3) is 0 Å². The summed E-state index contributed by atoms with van der Waals surface area (Å²) in [5.41, 5.74) is 0.648. The van der Waals surface area contributed by atoms with Crippen molar-refractivity contribution >= 4 is 29.0 Å². The molecule has 2 aromatic rings. The van der Waals surface area contributed by atoms with Crippen molar-refractivity contribution in [3.8, 4) is 0 Å². The number of nitrogens with one attached hydrogen (secondary N) is 1. The number of carbonyl (C=O) groups is 2. The first-order valence-electron chi connectivity index (χ1n) is 5.67. The highest BCUT2D eigenvalue weighted by atomic mass is 32.1. The van der Waals surface area contributed by atoms with Gasteiger partial charge in [0.1, 0.15) is 5.01 Å². The molecule has 0 unspecified atom stereocenters. The molecule has 0 aliphatic rings. The van der Waals surface area contributed by atoms with Gasteiger partial charge < -0.3 is 10.4 Å². The third-order valence-electron chi connectivity index (χ3n) is 2.50. The second-order valence-corrected chi connectivity index (χ2v) is 4.80. The van der Waals surface area contributed by atoms with Crippen molar-refractivity contribution in [3.05, 3.63) is 40.6 Å². The Balaban J connectivity index is 1.93.